The van der Waals surface area contributed by atoms with Gasteiger partial charge in [-0.1, -0.05) is 6.92 Å². The van der Waals surface area contributed by atoms with Crippen LogP contribution in [0.1, 0.15) is 90.4 Å². The molecule has 6 aliphatic rings. The Kier molecular flexibility index (Phi) is 7.30. The second-order valence-electron chi connectivity index (χ2n) is 13.5. The number of aliphatic hydroxyl groups excluding tert-OH is 1. The highest BCUT2D eigenvalue weighted by Crippen LogP contribution is 2.51. The van der Waals surface area contributed by atoms with Crippen LogP contribution in [0.2, 0.25) is 0 Å². The van der Waals surface area contributed by atoms with Crippen molar-refractivity contribution in [2.24, 2.45) is 35.0 Å². The molecule has 2 aliphatic heterocycles. The summed E-state index contributed by atoms with van der Waals surface area (Å²) in [7, 11) is 0. The fourth-order valence-electron chi connectivity index (χ4n) is 7.67. The Hall–Kier alpha value is -0.200. The topological polar surface area (TPSA) is 63.8 Å². The number of hydrogen-bond donors (Lipinski definition) is 1. The lowest BCUT2D eigenvalue weighted by Crippen LogP contribution is -2.33. The summed E-state index contributed by atoms with van der Waals surface area (Å²) in [4.78, 5) is 0. The molecule has 5 heteroatoms. The number of aliphatic hydroxyl groups is 1. The molecule has 6 fully saturated rings. The molecule has 8 unspecified atom stereocenters. The van der Waals surface area contributed by atoms with E-state index in [0.29, 0.717) is 36.3 Å². The molecule has 0 radical (unpaired) electrons. The van der Waals surface area contributed by atoms with Gasteiger partial charge in [0.25, 0.3) is 0 Å². The predicted molar refractivity (Wildman–Crippen MR) is 131 cm³/mol. The minimum atomic E-state index is -0.0353. The number of fused-ring (bicyclic) bond motifs is 2. The third kappa shape index (κ3) is 6.37. The van der Waals surface area contributed by atoms with Gasteiger partial charge < -0.3 is 24.1 Å². The van der Waals surface area contributed by atoms with Gasteiger partial charge in [0, 0.05) is 18.6 Å². The molecule has 1 N–H and O–H groups in total. The molecule has 4 saturated carbocycles. The van der Waals surface area contributed by atoms with Crippen molar-refractivity contribution in [2.45, 2.75) is 121 Å². The van der Waals surface area contributed by atoms with Crippen LogP contribution in [0, 0.1) is 35.0 Å². The van der Waals surface area contributed by atoms with E-state index in [4.69, 9.17) is 18.9 Å². The molecule has 0 aromatic rings. The number of hydrogen-bond acceptors (Lipinski definition) is 5. The number of ether oxygens (including phenoxy) is 4. The molecule has 8 atom stereocenters. The van der Waals surface area contributed by atoms with E-state index in [1.807, 2.05) is 0 Å². The van der Waals surface area contributed by atoms with Gasteiger partial charge in [0.05, 0.1) is 43.7 Å². The van der Waals surface area contributed by atoms with Gasteiger partial charge in [-0.2, -0.15) is 0 Å². The molecule has 0 spiro atoms. The lowest BCUT2D eigenvalue weighted by atomic mass is 9.82. The van der Waals surface area contributed by atoms with Gasteiger partial charge >= 0.3 is 0 Å². The second kappa shape index (κ2) is 10.3. The fraction of sp³-hybridized carbons (Fsp3) is 1.00. The molecule has 4 aliphatic carbocycles. The van der Waals surface area contributed by atoms with Crippen LogP contribution in [0.3, 0.4) is 0 Å². The van der Waals surface area contributed by atoms with E-state index in [9.17, 15) is 5.11 Å². The molecule has 34 heavy (non-hydrogen) atoms. The third-order valence-electron chi connectivity index (χ3n) is 10.1. The average Bonchev–Trinajstić information content (AvgIpc) is 3.70. The Labute approximate surface area is 206 Å². The largest absolute Gasteiger partial charge is 0.393 e. The summed E-state index contributed by atoms with van der Waals surface area (Å²) in [5.41, 5.74) is 0.114. The Bertz CT molecular complexity index is 641. The van der Waals surface area contributed by atoms with Crippen molar-refractivity contribution in [2.75, 3.05) is 26.4 Å². The smallest absolute Gasteiger partial charge is 0.0845 e. The first-order chi connectivity index (χ1) is 16.5. The lowest BCUT2D eigenvalue weighted by Gasteiger charge is -2.32. The monoisotopic (exact) mass is 476 g/mol. The van der Waals surface area contributed by atoms with Crippen molar-refractivity contribution in [1.82, 2.24) is 0 Å². The van der Waals surface area contributed by atoms with E-state index in [2.05, 4.69) is 6.92 Å². The minimum absolute atomic E-state index is 0.0353. The zero-order valence-corrected chi connectivity index (χ0v) is 21.4. The van der Waals surface area contributed by atoms with E-state index < -0.39 is 0 Å². The molecular formula is C29H48O5. The van der Waals surface area contributed by atoms with Gasteiger partial charge in [-0.05, 0) is 113 Å². The standard InChI is InChI=1S/C29H48O5/c1-29(17-31-15-20-4-8-25-27(11-20)33-25,18-32-16-21-5-9-26-28(12-21)34-26)14-23-13-22(23)10-19-2-6-24(30)7-3-19/h19-28,30H,2-18H2,1H3. The molecule has 0 amide bonds. The Balaban J connectivity index is 0.962. The molecular weight excluding hydrogens is 428 g/mol. The van der Waals surface area contributed by atoms with E-state index >= 15 is 0 Å². The lowest BCUT2D eigenvalue weighted by molar-refractivity contribution is -0.0400. The predicted octanol–water partition coefficient (Wildman–Crippen LogP) is 5.13. The maximum Gasteiger partial charge on any atom is 0.0845 e. The summed E-state index contributed by atoms with van der Waals surface area (Å²) in [5.74, 6) is 3.94. The molecule has 0 bridgehead atoms. The summed E-state index contributed by atoms with van der Waals surface area (Å²) in [6, 6.07) is 0. The van der Waals surface area contributed by atoms with Gasteiger partial charge in [0.1, 0.15) is 0 Å². The SMILES string of the molecule is CC(COCC1CCC2OC2C1)(COCC1CCC2OC2C1)CC1CC1CC1CCC(O)CC1. The highest BCUT2D eigenvalue weighted by Gasteiger charge is 2.46. The zero-order chi connectivity index (χ0) is 23.1. The van der Waals surface area contributed by atoms with E-state index in [1.165, 1.54) is 70.6 Å². The average molecular weight is 477 g/mol. The summed E-state index contributed by atoms with van der Waals surface area (Å²) in [6.45, 7) is 5.86. The van der Waals surface area contributed by atoms with Crippen LogP contribution in [0.15, 0.2) is 0 Å². The number of rotatable bonds is 12. The van der Waals surface area contributed by atoms with Crippen molar-refractivity contribution in [3.8, 4) is 0 Å². The van der Waals surface area contributed by atoms with Gasteiger partial charge in [0.15, 0.2) is 0 Å². The first kappa shape index (κ1) is 24.2. The normalized spacial score (nSPS) is 46.8. The highest BCUT2D eigenvalue weighted by molar-refractivity contribution is 4.95. The number of epoxide rings is 2. The van der Waals surface area contributed by atoms with Crippen LogP contribution in [0.5, 0.6) is 0 Å². The van der Waals surface area contributed by atoms with Crippen LogP contribution >= 0.6 is 0 Å². The maximum absolute atomic E-state index is 9.83. The quantitative estimate of drug-likeness (QED) is 0.396. The first-order valence-electron chi connectivity index (χ1n) is 14.7. The van der Waals surface area contributed by atoms with Crippen molar-refractivity contribution in [3.63, 3.8) is 0 Å². The van der Waals surface area contributed by atoms with Crippen LogP contribution in [0.4, 0.5) is 0 Å². The van der Waals surface area contributed by atoms with Crippen LogP contribution < -0.4 is 0 Å². The Morgan fingerprint density at radius 3 is 1.79 bits per heavy atom. The van der Waals surface area contributed by atoms with E-state index in [0.717, 1.165) is 57.0 Å². The summed E-state index contributed by atoms with van der Waals surface area (Å²) in [5, 5.41) is 9.83. The Morgan fingerprint density at radius 2 is 1.24 bits per heavy atom. The second-order valence-corrected chi connectivity index (χ2v) is 13.5. The van der Waals surface area contributed by atoms with Gasteiger partial charge in [-0.25, -0.2) is 0 Å². The van der Waals surface area contributed by atoms with Gasteiger partial charge in [-0.3, -0.25) is 0 Å². The molecule has 0 aromatic heterocycles. The fourth-order valence-corrected chi connectivity index (χ4v) is 7.67. The molecule has 6 rings (SSSR count). The van der Waals surface area contributed by atoms with Gasteiger partial charge in [0.2, 0.25) is 0 Å². The Morgan fingerprint density at radius 1 is 0.676 bits per heavy atom. The molecule has 2 heterocycles. The third-order valence-corrected chi connectivity index (χ3v) is 10.1. The van der Waals surface area contributed by atoms with Crippen LogP contribution in [-0.4, -0.2) is 62.1 Å². The van der Waals surface area contributed by atoms with Crippen molar-refractivity contribution in [1.29, 1.82) is 0 Å². The minimum Gasteiger partial charge on any atom is -0.393 e. The maximum atomic E-state index is 9.83. The van der Waals surface area contributed by atoms with Crippen molar-refractivity contribution >= 4 is 0 Å². The summed E-state index contributed by atoms with van der Waals surface area (Å²) >= 11 is 0. The summed E-state index contributed by atoms with van der Waals surface area (Å²) in [6.07, 6.45) is 18.1. The van der Waals surface area contributed by atoms with E-state index in [1.54, 1.807) is 0 Å². The van der Waals surface area contributed by atoms with Crippen molar-refractivity contribution < 1.29 is 24.1 Å². The van der Waals surface area contributed by atoms with E-state index in [-0.39, 0.29) is 11.5 Å². The molecule has 194 valence electrons. The molecule has 5 nitrogen and oxygen atoms in total. The summed E-state index contributed by atoms with van der Waals surface area (Å²) < 4.78 is 24.3. The highest BCUT2D eigenvalue weighted by atomic mass is 16.6. The molecule has 0 aromatic carbocycles. The molecule has 2 saturated heterocycles. The zero-order valence-electron chi connectivity index (χ0n) is 21.4. The van der Waals surface area contributed by atoms with Crippen molar-refractivity contribution in [3.05, 3.63) is 0 Å². The van der Waals surface area contributed by atoms with Crippen LogP contribution in [0.25, 0.3) is 0 Å². The van der Waals surface area contributed by atoms with Gasteiger partial charge in [-0.15, -0.1) is 0 Å². The van der Waals surface area contributed by atoms with Crippen LogP contribution in [-0.2, 0) is 18.9 Å². The first-order valence-corrected chi connectivity index (χ1v) is 14.7.